The summed E-state index contributed by atoms with van der Waals surface area (Å²) < 4.78 is 16.5. The van der Waals surface area contributed by atoms with Gasteiger partial charge in [-0.15, -0.1) is 0 Å². The van der Waals surface area contributed by atoms with E-state index < -0.39 is 5.97 Å². The van der Waals surface area contributed by atoms with Gasteiger partial charge in [-0.1, -0.05) is 18.2 Å². The minimum absolute atomic E-state index is 0.396. The Balaban J connectivity index is 2.04. The van der Waals surface area contributed by atoms with E-state index in [2.05, 4.69) is 0 Å². The van der Waals surface area contributed by atoms with Crippen LogP contribution < -0.4 is 14.2 Å². The van der Waals surface area contributed by atoms with E-state index in [1.165, 1.54) is 6.08 Å². The third-order valence-electron chi connectivity index (χ3n) is 3.23. The van der Waals surface area contributed by atoms with Crippen LogP contribution in [0.1, 0.15) is 18.1 Å². The van der Waals surface area contributed by atoms with Crippen LogP contribution in [-0.2, 0) is 11.4 Å². The molecule has 0 saturated carbocycles. The third kappa shape index (κ3) is 5.05. The molecule has 126 valence electrons. The number of methoxy groups -OCH3 is 1. The molecule has 0 fully saturated rings. The molecule has 0 saturated heterocycles. The molecule has 0 aliphatic carbocycles. The van der Waals surface area contributed by atoms with Gasteiger partial charge in [0, 0.05) is 6.08 Å². The molecular weight excluding hydrogens is 308 g/mol. The van der Waals surface area contributed by atoms with Gasteiger partial charge in [0.2, 0.25) is 0 Å². The van der Waals surface area contributed by atoms with E-state index in [0.29, 0.717) is 24.7 Å². The number of carboxylic acids is 1. The van der Waals surface area contributed by atoms with E-state index in [1.807, 2.05) is 31.2 Å². The van der Waals surface area contributed by atoms with Crippen molar-refractivity contribution in [1.29, 1.82) is 0 Å². The summed E-state index contributed by atoms with van der Waals surface area (Å²) in [4.78, 5) is 10.6. The maximum Gasteiger partial charge on any atom is 0.328 e. The monoisotopic (exact) mass is 328 g/mol. The standard InChI is InChI=1S/C19H20O5/c1-3-23-16-8-4-15(5-9-16)13-24-17-10-6-14(7-11-19(20)21)12-18(17)22-2/h4-12H,3,13H2,1-2H3,(H,20,21)/b11-7+. The van der Waals surface area contributed by atoms with Gasteiger partial charge in [-0.2, -0.15) is 0 Å². The highest BCUT2D eigenvalue weighted by Gasteiger charge is 2.06. The average molecular weight is 328 g/mol. The van der Waals surface area contributed by atoms with E-state index in [-0.39, 0.29) is 0 Å². The highest BCUT2D eigenvalue weighted by atomic mass is 16.5. The normalized spacial score (nSPS) is 10.6. The molecule has 0 amide bonds. The molecule has 2 aromatic rings. The lowest BCUT2D eigenvalue weighted by molar-refractivity contribution is -0.131. The first kappa shape index (κ1) is 17.4. The van der Waals surface area contributed by atoms with E-state index in [4.69, 9.17) is 19.3 Å². The van der Waals surface area contributed by atoms with Gasteiger partial charge < -0.3 is 19.3 Å². The van der Waals surface area contributed by atoms with Crippen LogP contribution >= 0.6 is 0 Å². The number of hydrogen-bond donors (Lipinski definition) is 1. The van der Waals surface area contributed by atoms with Crippen LogP contribution in [0.2, 0.25) is 0 Å². The number of carbonyl (C=O) groups is 1. The van der Waals surface area contributed by atoms with Crippen molar-refractivity contribution < 1.29 is 24.1 Å². The van der Waals surface area contributed by atoms with Crippen LogP contribution in [0.5, 0.6) is 17.2 Å². The fourth-order valence-electron chi connectivity index (χ4n) is 2.08. The molecule has 24 heavy (non-hydrogen) atoms. The van der Waals surface area contributed by atoms with Crippen molar-refractivity contribution >= 4 is 12.0 Å². The van der Waals surface area contributed by atoms with Gasteiger partial charge >= 0.3 is 5.97 Å². The second-order valence-electron chi connectivity index (χ2n) is 4.95. The second-order valence-corrected chi connectivity index (χ2v) is 4.95. The summed E-state index contributed by atoms with van der Waals surface area (Å²) in [5, 5.41) is 8.67. The lowest BCUT2D eigenvalue weighted by atomic mass is 10.2. The lowest BCUT2D eigenvalue weighted by Gasteiger charge is -2.12. The Kier molecular flexibility index (Phi) is 6.25. The van der Waals surface area contributed by atoms with Crippen molar-refractivity contribution in [3.8, 4) is 17.2 Å². The van der Waals surface area contributed by atoms with Gasteiger partial charge in [0.15, 0.2) is 11.5 Å². The van der Waals surface area contributed by atoms with Crippen molar-refractivity contribution in [2.24, 2.45) is 0 Å². The highest BCUT2D eigenvalue weighted by Crippen LogP contribution is 2.29. The maximum atomic E-state index is 10.6. The molecule has 5 nitrogen and oxygen atoms in total. The zero-order chi connectivity index (χ0) is 17.4. The van der Waals surface area contributed by atoms with Crippen LogP contribution in [0.25, 0.3) is 6.08 Å². The van der Waals surface area contributed by atoms with E-state index in [1.54, 1.807) is 25.3 Å². The quantitative estimate of drug-likeness (QED) is 0.747. The van der Waals surface area contributed by atoms with E-state index >= 15 is 0 Å². The zero-order valence-electron chi connectivity index (χ0n) is 13.7. The Morgan fingerprint density at radius 1 is 1.08 bits per heavy atom. The number of rotatable bonds is 8. The minimum atomic E-state index is -0.996. The maximum absolute atomic E-state index is 10.6. The summed E-state index contributed by atoms with van der Waals surface area (Å²) in [6.07, 6.45) is 2.58. The molecule has 5 heteroatoms. The largest absolute Gasteiger partial charge is 0.494 e. The summed E-state index contributed by atoms with van der Waals surface area (Å²) in [7, 11) is 1.55. The molecular formula is C19H20O5. The molecule has 0 heterocycles. The van der Waals surface area contributed by atoms with Crippen molar-refractivity contribution in [3.05, 3.63) is 59.7 Å². The first-order valence-corrected chi connectivity index (χ1v) is 7.56. The summed E-state index contributed by atoms with van der Waals surface area (Å²) in [5.74, 6) is 0.977. The smallest absolute Gasteiger partial charge is 0.328 e. The summed E-state index contributed by atoms with van der Waals surface area (Å²) >= 11 is 0. The van der Waals surface area contributed by atoms with Crippen LogP contribution in [0, 0.1) is 0 Å². The average Bonchev–Trinajstić information content (AvgIpc) is 2.60. The van der Waals surface area contributed by atoms with Crippen molar-refractivity contribution in [2.45, 2.75) is 13.5 Å². The molecule has 2 aromatic carbocycles. The van der Waals surface area contributed by atoms with E-state index in [9.17, 15) is 4.79 Å². The number of hydrogen-bond acceptors (Lipinski definition) is 4. The van der Waals surface area contributed by atoms with Crippen molar-refractivity contribution in [1.82, 2.24) is 0 Å². The van der Waals surface area contributed by atoms with Gasteiger partial charge in [-0.3, -0.25) is 0 Å². The SMILES string of the molecule is CCOc1ccc(COc2ccc(/C=C/C(=O)O)cc2OC)cc1. The van der Waals surface area contributed by atoms with Crippen LogP contribution in [-0.4, -0.2) is 24.8 Å². The molecule has 0 radical (unpaired) electrons. The van der Waals surface area contributed by atoms with Crippen LogP contribution in [0.15, 0.2) is 48.5 Å². The number of carboxylic acid groups (broad SMARTS) is 1. The minimum Gasteiger partial charge on any atom is -0.494 e. The van der Waals surface area contributed by atoms with Crippen molar-refractivity contribution in [2.75, 3.05) is 13.7 Å². The van der Waals surface area contributed by atoms with Crippen LogP contribution in [0.4, 0.5) is 0 Å². The lowest BCUT2D eigenvalue weighted by Crippen LogP contribution is -1.98. The highest BCUT2D eigenvalue weighted by molar-refractivity contribution is 5.85. The molecule has 0 bridgehead atoms. The summed E-state index contributed by atoms with van der Waals surface area (Å²) in [5.41, 5.74) is 1.73. The van der Waals surface area contributed by atoms with E-state index in [0.717, 1.165) is 23.0 Å². The number of ether oxygens (including phenoxy) is 3. The molecule has 0 atom stereocenters. The predicted molar refractivity (Wildman–Crippen MR) is 91.6 cm³/mol. The Morgan fingerprint density at radius 3 is 2.46 bits per heavy atom. The predicted octanol–water partition coefficient (Wildman–Crippen LogP) is 3.77. The summed E-state index contributed by atoms with van der Waals surface area (Å²) in [6, 6.07) is 13.0. The van der Waals surface area contributed by atoms with Crippen molar-refractivity contribution in [3.63, 3.8) is 0 Å². The Hall–Kier alpha value is -2.95. The third-order valence-corrected chi connectivity index (χ3v) is 3.23. The first-order chi connectivity index (χ1) is 11.6. The second kappa shape index (κ2) is 8.62. The molecule has 1 N–H and O–H groups in total. The topological polar surface area (TPSA) is 65.0 Å². The molecule has 0 aromatic heterocycles. The fourth-order valence-corrected chi connectivity index (χ4v) is 2.08. The number of aliphatic carboxylic acids is 1. The summed E-state index contributed by atoms with van der Waals surface area (Å²) in [6.45, 7) is 2.97. The van der Waals surface area contributed by atoms with Gasteiger partial charge in [0.25, 0.3) is 0 Å². The molecule has 0 aliphatic heterocycles. The number of benzene rings is 2. The Labute approximate surface area is 141 Å². The zero-order valence-corrected chi connectivity index (χ0v) is 13.7. The van der Waals surface area contributed by atoms with Gasteiger partial charge in [-0.25, -0.2) is 4.79 Å². The Bertz CT molecular complexity index is 704. The molecule has 0 spiro atoms. The molecule has 2 rings (SSSR count). The first-order valence-electron chi connectivity index (χ1n) is 7.56. The molecule has 0 aliphatic rings. The fraction of sp³-hybridized carbons (Fsp3) is 0.211. The Morgan fingerprint density at radius 2 is 1.83 bits per heavy atom. The van der Waals surface area contributed by atoms with Gasteiger partial charge in [0.1, 0.15) is 12.4 Å². The van der Waals surface area contributed by atoms with Crippen LogP contribution in [0.3, 0.4) is 0 Å². The van der Waals surface area contributed by atoms with Gasteiger partial charge in [0.05, 0.1) is 13.7 Å². The van der Waals surface area contributed by atoms with Gasteiger partial charge in [-0.05, 0) is 48.4 Å². The molecule has 0 unspecified atom stereocenters.